The lowest BCUT2D eigenvalue weighted by molar-refractivity contribution is 0.484. The van der Waals surface area contributed by atoms with Crippen LogP contribution in [0, 0.1) is 11.3 Å². The van der Waals surface area contributed by atoms with Crippen LogP contribution in [0.1, 0.15) is 61.1 Å². The maximum absolute atomic E-state index is 9.42. The predicted molar refractivity (Wildman–Crippen MR) is 88.4 cm³/mol. The summed E-state index contributed by atoms with van der Waals surface area (Å²) < 4.78 is 6.07. The van der Waals surface area contributed by atoms with Gasteiger partial charge in [-0.15, -0.1) is 0 Å². The summed E-state index contributed by atoms with van der Waals surface area (Å²) in [5.41, 5.74) is 1.80. The molecule has 1 aromatic heterocycles. The van der Waals surface area contributed by atoms with Gasteiger partial charge < -0.3 is 9.32 Å². The van der Waals surface area contributed by atoms with Crippen molar-refractivity contribution in [3.63, 3.8) is 0 Å². The molecule has 118 valence electrons. The molecule has 1 aliphatic heterocycles. The zero-order valence-electron chi connectivity index (χ0n) is 13.2. The monoisotopic (exact) mass is 307 g/mol. The summed E-state index contributed by atoms with van der Waals surface area (Å²) in [7, 11) is 0. The Kier molecular flexibility index (Phi) is 3.78. The van der Waals surface area contributed by atoms with E-state index in [1.807, 2.05) is 6.07 Å². The van der Waals surface area contributed by atoms with Crippen molar-refractivity contribution in [2.45, 2.75) is 43.9 Å². The highest BCUT2D eigenvalue weighted by Crippen LogP contribution is 2.54. The largest absolute Gasteiger partial charge is 0.423 e. The molecule has 0 radical (unpaired) electrons. The molecular formula is C19H21N3O. The molecule has 4 rings (SSSR count). The van der Waals surface area contributed by atoms with Gasteiger partial charge in [0.25, 0.3) is 0 Å². The minimum absolute atomic E-state index is 0.324. The molecule has 2 aliphatic rings. The fraction of sp³-hybridized carbons (Fsp3) is 0.474. The minimum Gasteiger partial charge on any atom is -0.423 e. The first kappa shape index (κ1) is 14.3. The van der Waals surface area contributed by atoms with E-state index in [0.717, 1.165) is 38.2 Å². The summed E-state index contributed by atoms with van der Waals surface area (Å²) in [6.07, 6.45) is 5.92. The Morgan fingerprint density at radius 3 is 2.48 bits per heavy atom. The van der Waals surface area contributed by atoms with Crippen molar-refractivity contribution in [2.24, 2.45) is 0 Å². The number of hydrogen-bond donors (Lipinski definition) is 0. The Morgan fingerprint density at radius 2 is 1.78 bits per heavy atom. The molecule has 1 aliphatic carbocycles. The third kappa shape index (κ3) is 2.84. The maximum Gasteiger partial charge on any atom is 0.234 e. The van der Waals surface area contributed by atoms with Crippen LogP contribution < -0.4 is 4.90 Å². The fourth-order valence-corrected chi connectivity index (χ4v) is 3.58. The van der Waals surface area contributed by atoms with Gasteiger partial charge in [0.05, 0.1) is 0 Å². The number of benzene rings is 1. The summed E-state index contributed by atoms with van der Waals surface area (Å²) in [5, 5.41) is 9.42. The molecule has 0 amide bonds. The normalized spacial score (nSPS) is 24.0. The zero-order valence-corrected chi connectivity index (χ0v) is 13.2. The van der Waals surface area contributed by atoms with E-state index in [1.165, 1.54) is 18.4 Å². The summed E-state index contributed by atoms with van der Waals surface area (Å²) >= 11 is 0. The van der Waals surface area contributed by atoms with Gasteiger partial charge in [0.2, 0.25) is 17.5 Å². The summed E-state index contributed by atoms with van der Waals surface area (Å²) in [5.74, 6) is 2.25. The molecule has 1 saturated carbocycles. The molecule has 1 aromatic carbocycles. The highest BCUT2D eigenvalue weighted by molar-refractivity contribution is 5.49. The summed E-state index contributed by atoms with van der Waals surface area (Å²) in [6, 6.07) is 12.7. The molecule has 0 unspecified atom stereocenters. The fourth-order valence-electron chi connectivity index (χ4n) is 3.58. The van der Waals surface area contributed by atoms with E-state index in [4.69, 9.17) is 4.42 Å². The number of nitrogens with zero attached hydrogens (tertiary/aromatic N) is 3. The van der Waals surface area contributed by atoms with Crippen LogP contribution >= 0.6 is 0 Å². The number of oxazole rings is 1. The molecule has 0 bridgehead atoms. The lowest BCUT2D eigenvalue weighted by Crippen LogP contribution is -2.24. The van der Waals surface area contributed by atoms with Crippen LogP contribution in [0.4, 0.5) is 5.88 Å². The van der Waals surface area contributed by atoms with E-state index in [1.54, 1.807) is 0 Å². The number of aromatic nitrogens is 1. The Bertz CT molecular complexity index is 708. The molecule has 2 atom stereocenters. The average molecular weight is 307 g/mol. The molecular weight excluding hydrogens is 286 g/mol. The smallest absolute Gasteiger partial charge is 0.234 e. The van der Waals surface area contributed by atoms with E-state index >= 15 is 0 Å². The molecule has 2 aromatic rings. The van der Waals surface area contributed by atoms with E-state index in [2.05, 4.69) is 40.2 Å². The van der Waals surface area contributed by atoms with Gasteiger partial charge in [-0.1, -0.05) is 43.2 Å². The van der Waals surface area contributed by atoms with Gasteiger partial charge in [-0.2, -0.15) is 5.26 Å². The van der Waals surface area contributed by atoms with Crippen LogP contribution in [-0.2, 0) is 0 Å². The van der Waals surface area contributed by atoms with Crippen LogP contribution in [0.15, 0.2) is 34.7 Å². The second-order valence-corrected chi connectivity index (χ2v) is 6.58. The van der Waals surface area contributed by atoms with Gasteiger partial charge >= 0.3 is 0 Å². The molecule has 2 fully saturated rings. The first-order valence-electron chi connectivity index (χ1n) is 8.57. The molecule has 23 heavy (non-hydrogen) atoms. The van der Waals surface area contributed by atoms with Crippen LogP contribution in [0.5, 0.6) is 0 Å². The molecule has 4 nitrogen and oxygen atoms in total. The highest BCUT2D eigenvalue weighted by atomic mass is 16.4. The first-order valence-corrected chi connectivity index (χ1v) is 8.57. The van der Waals surface area contributed by atoms with Gasteiger partial charge in [0.1, 0.15) is 6.07 Å². The quantitative estimate of drug-likeness (QED) is 0.853. The topological polar surface area (TPSA) is 53.1 Å². The number of hydrogen-bond acceptors (Lipinski definition) is 4. The molecule has 0 spiro atoms. The Labute approximate surface area is 136 Å². The Balaban J connectivity index is 1.56. The second-order valence-electron chi connectivity index (χ2n) is 6.58. The summed E-state index contributed by atoms with van der Waals surface area (Å²) in [4.78, 5) is 6.71. The number of rotatable bonds is 3. The molecule has 1 saturated heterocycles. The van der Waals surface area contributed by atoms with Crippen molar-refractivity contribution >= 4 is 5.88 Å². The van der Waals surface area contributed by atoms with E-state index in [0.29, 0.717) is 23.4 Å². The van der Waals surface area contributed by atoms with Crippen LogP contribution in [0.2, 0.25) is 0 Å². The minimum atomic E-state index is 0.324. The lowest BCUT2D eigenvalue weighted by atomic mass is 10.1. The van der Waals surface area contributed by atoms with Crippen LogP contribution in [0.25, 0.3) is 0 Å². The van der Waals surface area contributed by atoms with Crippen molar-refractivity contribution in [1.29, 1.82) is 5.26 Å². The Hall–Kier alpha value is -2.28. The third-order valence-electron chi connectivity index (χ3n) is 4.96. The average Bonchev–Trinajstić information content (AvgIpc) is 3.35. The lowest BCUT2D eigenvalue weighted by Gasteiger charge is -2.18. The van der Waals surface area contributed by atoms with Gasteiger partial charge in [-0.3, -0.25) is 0 Å². The third-order valence-corrected chi connectivity index (χ3v) is 4.96. The van der Waals surface area contributed by atoms with Crippen molar-refractivity contribution in [3.05, 3.63) is 47.5 Å². The molecule has 0 N–H and O–H groups in total. The van der Waals surface area contributed by atoms with Crippen LogP contribution in [-0.4, -0.2) is 18.1 Å². The molecule has 4 heteroatoms. The van der Waals surface area contributed by atoms with Gasteiger partial charge in [0, 0.05) is 19.0 Å². The van der Waals surface area contributed by atoms with Gasteiger partial charge in [0.15, 0.2) is 0 Å². The van der Waals surface area contributed by atoms with Crippen molar-refractivity contribution in [2.75, 3.05) is 18.0 Å². The Morgan fingerprint density at radius 1 is 1.04 bits per heavy atom. The van der Waals surface area contributed by atoms with E-state index < -0.39 is 0 Å². The summed E-state index contributed by atoms with van der Waals surface area (Å²) in [6.45, 7) is 1.94. The van der Waals surface area contributed by atoms with Gasteiger partial charge in [-0.05, 0) is 30.7 Å². The first-order chi connectivity index (χ1) is 11.4. The number of anilines is 1. The highest BCUT2D eigenvalue weighted by Gasteiger charge is 2.44. The SMILES string of the molecule is N#Cc1nc([C@@H]2C[C@@H]2c2ccccc2)oc1N1CCCCCC1. The second kappa shape index (κ2) is 6.08. The van der Waals surface area contributed by atoms with Gasteiger partial charge in [-0.25, -0.2) is 4.98 Å². The van der Waals surface area contributed by atoms with E-state index in [9.17, 15) is 5.26 Å². The van der Waals surface area contributed by atoms with Crippen molar-refractivity contribution < 1.29 is 4.42 Å². The zero-order chi connectivity index (χ0) is 15.6. The molecule has 2 heterocycles. The van der Waals surface area contributed by atoms with Crippen molar-refractivity contribution in [3.8, 4) is 6.07 Å². The number of nitriles is 1. The maximum atomic E-state index is 9.42. The standard InChI is InChI=1S/C19H21N3O/c20-13-17-19(22-10-6-1-2-7-11-22)23-18(21-17)16-12-15(16)14-8-4-3-5-9-14/h3-5,8-9,15-16H,1-2,6-7,10-12H2/t15-,16-/m1/s1. The predicted octanol–water partition coefficient (Wildman–Crippen LogP) is 4.20. The van der Waals surface area contributed by atoms with E-state index in [-0.39, 0.29) is 0 Å². The van der Waals surface area contributed by atoms with Crippen molar-refractivity contribution in [1.82, 2.24) is 4.98 Å². The van der Waals surface area contributed by atoms with Crippen LogP contribution in [0.3, 0.4) is 0 Å².